The summed E-state index contributed by atoms with van der Waals surface area (Å²) in [4.78, 5) is 36.8. The quantitative estimate of drug-likeness (QED) is 0.527. The first-order valence-corrected chi connectivity index (χ1v) is 10.1. The van der Waals surface area contributed by atoms with Crippen LogP contribution in [0.15, 0.2) is 24.3 Å². The summed E-state index contributed by atoms with van der Waals surface area (Å²) in [7, 11) is 1.26. The third kappa shape index (κ3) is 8.31. The lowest BCUT2D eigenvalue weighted by atomic mass is 9.88. The summed E-state index contributed by atoms with van der Waals surface area (Å²) in [5, 5.41) is 15.3. The predicted molar refractivity (Wildman–Crippen MR) is 113 cm³/mol. The Morgan fingerprint density at radius 2 is 1.80 bits per heavy atom. The van der Waals surface area contributed by atoms with Gasteiger partial charge in [-0.1, -0.05) is 32.4 Å². The summed E-state index contributed by atoms with van der Waals surface area (Å²) < 4.78 is 10.1. The van der Waals surface area contributed by atoms with E-state index < -0.39 is 29.6 Å². The van der Waals surface area contributed by atoms with Gasteiger partial charge in [-0.15, -0.1) is 0 Å². The lowest BCUT2D eigenvalue weighted by molar-refractivity contribution is -0.144. The fourth-order valence-electron chi connectivity index (χ4n) is 3.04. The fourth-order valence-corrected chi connectivity index (χ4v) is 3.04. The van der Waals surface area contributed by atoms with Gasteiger partial charge in [0.05, 0.1) is 12.7 Å². The number of carbonyl (C=O) groups excluding carboxylic acids is 3. The van der Waals surface area contributed by atoms with Crippen LogP contribution in [0.3, 0.4) is 0 Å². The average molecular weight is 423 g/mol. The molecule has 1 aromatic carbocycles. The number of carbonyl (C=O) groups is 3. The Hall–Kier alpha value is -2.77. The molecular weight excluding hydrogens is 388 g/mol. The van der Waals surface area contributed by atoms with Crippen LogP contribution in [0.1, 0.15) is 57.8 Å². The summed E-state index contributed by atoms with van der Waals surface area (Å²) in [5.41, 5.74) is -0.500. The number of nitrogens with one attached hydrogen (secondary N) is 2. The zero-order valence-corrected chi connectivity index (χ0v) is 18.7. The number of rotatable bonds is 9. The van der Waals surface area contributed by atoms with Gasteiger partial charge < -0.3 is 25.2 Å². The molecule has 8 nitrogen and oxygen atoms in total. The predicted octanol–water partition coefficient (Wildman–Crippen LogP) is 3.24. The van der Waals surface area contributed by atoms with E-state index in [1.807, 2.05) is 13.8 Å². The summed E-state index contributed by atoms with van der Waals surface area (Å²) in [6, 6.07) is 5.22. The maximum absolute atomic E-state index is 12.6. The number of benzene rings is 1. The van der Waals surface area contributed by atoms with Crippen molar-refractivity contribution in [3.05, 3.63) is 29.8 Å². The molecule has 0 aliphatic rings. The second-order valence-electron chi connectivity index (χ2n) is 8.36. The van der Waals surface area contributed by atoms with Crippen LogP contribution in [0.4, 0.5) is 4.79 Å². The molecule has 168 valence electrons. The van der Waals surface area contributed by atoms with Crippen LogP contribution in [0.25, 0.3) is 0 Å². The molecule has 0 saturated heterocycles. The van der Waals surface area contributed by atoms with Gasteiger partial charge in [0.15, 0.2) is 0 Å². The number of hydrogen-bond acceptors (Lipinski definition) is 6. The van der Waals surface area contributed by atoms with Crippen LogP contribution in [-0.2, 0) is 14.3 Å². The minimum absolute atomic E-state index is 0.0710. The van der Waals surface area contributed by atoms with Crippen molar-refractivity contribution in [3.8, 4) is 5.75 Å². The van der Waals surface area contributed by atoms with E-state index in [2.05, 4.69) is 10.6 Å². The van der Waals surface area contributed by atoms with Gasteiger partial charge in [0, 0.05) is 6.54 Å². The van der Waals surface area contributed by atoms with Crippen LogP contribution in [-0.4, -0.2) is 48.4 Å². The molecule has 30 heavy (non-hydrogen) atoms. The van der Waals surface area contributed by atoms with E-state index in [1.165, 1.54) is 19.2 Å². The number of para-hydroxylation sites is 1. The molecule has 1 aromatic rings. The highest BCUT2D eigenvalue weighted by molar-refractivity contribution is 5.99. The average Bonchev–Trinajstić information content (AvgIpc) is 2.67. The zero-order chi connectivity index (χ0) is 22.9. The first-order valence-electron chi connectivity index (χ1n) is 10.1. The van der Waals surface area contributed by atoms with Crippen LogP contribution >= 0.6 is 0 Å². The summed E-state index contributed by atoms with van der Waals surface area (Å²) in [5.74, 6) is -1.49. The molecule has 0 bridgehead atoms. The van der Waals surface area contributed by atoms with Crippen LogP contribution in [0.2, 0.25) is 0 Å². The normalized spacial score (nSPS) is 14.2. The van der Waals surface area contributed by atoms with Crippen molar-refractivity contribution < 1.29 is 29.0 Å². The summed E-state index contributed by atoms with van der Waals surface area (Å²) in [6.45, 7) is 9.59. The van der Waals surface area contributed by atoms with Crippen molar-refractivity contribution in [2.75, 3.05) is 13.7 Å². The lowest BCUT2D eigenvalue weighted by Crippen LogP contribution is -2.46. The van der Waals surface area contributed by atoms with Gasteiger partial charge in [-0.05, 0) is 51.2 Å². The molecular formula is C22H34N2O6. The number of esters is 1. The van der Waals surface area contributed by atoms with Crippen LogP contribution in [0, 0.1) is 11.8 Å². The highest BCUT2D eigenvalue weighted by Crippen LogP contribution is 2.21. The lowest BCUT2D eigenvalue weighted by Gasteiger charge is -2.27. The first kappa shape index (κ1) is 25.3. The number of hydrogen-bond donors (Lipinski definition) is 3. The maximum Gasteiger partial charge on any atom is 0.407 e. The molecule has 3 N–H and O–H groups in total. The minimum atomic E-state index is -0.891. The molecule has 0 radical (unpaired) electrons. The van der Waals surface area contributed by atoms with Crippen molar-refractivity contribution in [2.45, 2.75) is 59.1 Å². The van der Waals surface area contributed by atoms with Gasteiger partial charge >= 0.3 is 12.1 Å². The number of ether oxygens (including phenoxy) is 2. The Labute approximate surface area is 178 Å². The van der Waals surface area contributed by atoms with E-state index >= 15 is 0 Å². The Balaban J connectivity index is 2.78. The van der Waals surface area contributed by atoms with Crippen LogP contribution in [0.5, 0.6) is 5.75 Å². The van der Waals surface area contributed by atoms with Crippen molar-refractivity contribution in [1.82, 2.24) is 10.6 Å². The fraction of sp³-hybridized carbons (Fsp3) is 0.591. The van der Waals surface area contributed by atoms with E-state index in [9.17, 15) is 19.5 Å². The van der Waals surface area contributed by atoms with Crippen LogP contribution < -0.4 is 10.6 Å². The molecule has 2 amide bonds. The third-order valence-corrected chi connectivity index (χ3v) is 4.68. The van der Waals surface area contributed by atoms with Gasteiger partial charge in [0.1, 0.15) is 17.4 Å². The second-order valence-corrected chi connectivity index (χ2v) is 8.36. The number of phenolic OH excluding ortho intramolecular Hbond substituents is 1. The molecule has 8 heteroatoms. The van der Waals surface area contributed by atoms with E-state index in [0.29, 0.717) is 13.0 Å². The van der Waals surface area contributed by atoms with Gasteiger partial charge in [-0.2, -0.15) is 0 Å². The van der Waals surface area contributed by atoms with E-state index in [1.54, 1.807) is 32.9 Å². The van der Waals surface area contributed by atoms with Crippen molar-refractivity contribution in [2.24, 2.45) is 11.8 Å². The van der Waals surface area contributed by atoms with Gasteiger partial charge in [0.25, 0.3) is 5.91 Å². The molecule has 0 aromatic heterocycles. The monoisotopic (exact) mass is 422 g/mol. The Kier molecular flexibility index (Phi) is 9.62. The van der Waals surface area contributed by atoms with Gasteiger partial charge in [-0.3, -0.25) is 4.79 Å². The Bertz CT molecular complexity index is 729. The summed E-state index contributed by atoms with van der Waals surface area (Å²) in [6.07, 6.45) is 0.833. The third-order valence-electron chi connectivity index (χ3n) is 4.68. The summed E-state index contributed by atoms with van der Waals surface area (Å²) >= 11 is 0. The number of amides is 2. The largest absolute Gasteiger partial charge is 0.507 e. The number of methoxy groups -OCH3 is 1. The number of alkyl carbamates (subject to hydrolysis) is 1. The highest BCUT2D eigenvalue weighted by atomic mass is 16.6. The Morgan fingerprint density at radius 3 is 2.33 bits per heavy atom. The molecule has 0 saturated carbocycles. The maximum atomic E-state index is 12.6. The van der Waals surface area contributed by atoms with Gasteiger partial charge in [-0.25, -0.2) is 9.59 Å². The van der Waals surface area contributed by atoms with E-state index in [-0.39, 0.29) is 23.1 Å². The second kappa shape index (κ2) is 11.4. The molecule has 0 spiro atoms. The number of phenols is 1. The smallest absolute Gasteiger partial charge is 0.407 e. The standard InChI is InChI=1S/C22H34N2O6/c1-7-15(13-23-21(28)30-22(3,4)5)12-14(2)18(20(27)29-6)24-19(26)16-10-8-9-11-17(16)25/h8-11,14-15,18,25H,7,12-13H2,1-6H3,(H,23,28)(H,24,26). The molecule has 0 heterocycles. The molecule has 0 fully saturated rings. The minimum Gasteiger partial charge on any atom is -0.507 e. The van der Waals surface area contributed by atoms with E-state index in [0.717, 1.165) is 6.42 Å². The first-order chi connectivity index (χ1) is 14.0. The number of aromatic hydroxyl groups is 1. The molecule has 3 unspecified atom stereocenters. The Morgan fingerprint density at radius 1 is 1.17 bits per heavy atom. The molecule has 1 rings (SSSR count). The molecule has 3 atom stereocenters. The van der Waals surface area contributed by atoms with E-state index in [4.69, 9.17) is 9.47 Å². The van der Waals surface area contributed by atoms with Crippen molar-refractivity contribution in [1.29, 1.82) is 0 Å². The topological polar surface area (TPSA) is 114 Å². The molecule has 0 aliphatic heterocycles. The highest BCUT2D eigenvalue weighted by Gasteiger charge is 2.30. The van der Waals surface area contributed by atoms with Crippen molar-refractivity contribution >= 4 is 18.0 Å². The SMILES string of the molecule is CCC(CNC(=O)OC(C)(C)C)CC(C)C(NC(=O)c1ccccc1O)C(=O)OC. The molecule has 0 aliphatic carbocycles. The van der Waals surface area contributed by atoms with Gasteiger partial charge in [0.2, 0.25) is 0 Å². The van der Waals surface area contributed by atoms with Crippen molar-refractivity contribution in [3.63, 3.8) is 0 Å². The zero-order valence-electron chi connectivity index (χ0n) is 18.7.